The number of hydrogen-bond acceptors (Lipinski definition) is 4. The third-order valence-electron chi connectivity index (χ3n) is 3.20. The Labute approximate surface area is 117 Å². The van der Waals surface area contributed by atoms with E-state index in [1.807, 2.05) is 13.0 Å². The maximum Gasteiger partial charge on any atom is 0.153 e. The van der Waals surface area contributed by atoms with Crippen LogP contribution >= 0.6 is 0 Å². The van der Waals surface area contributed by atoms with E-state index in [1.54, 1.807) is 38.5 Å². The van der Waals surface area contributed by atoms with E-state index in [4.69, 9.17) is 9.47 Å². The first-order valence-corrected chi connectivity index (χ1v) is 6.12. The van der Waals surface area contributed by atoms with Crippen LogP contribution in [-0.2, 0) is 0 Å². The molecule has 20 heavy (non-hydrogen) atoms. The summed E-state index contributed by atoms with van der Waals surface area (Å²) < 4.78 is 10.6. The van der Waals surface area contributed by atoms with Crippen molar-refractivity contribution in [3.05, 3.63) is 41.5 Å². The second-order valence-electron chi connectivity index (χ2n) is 4.41. The van der Waals surface area contributed by atoms with Crippen molar-refractivity contribution in [3.8, 4) is 28.4 Å². The van der Waals surface area contributed by atoms with Gasteiger partial charge in [0.15, 0.2) is 6.29 Å². The Morgan fingerprint density at radius 2 is 1.80 bits per heavy atom. The lowest BCUT2D eigenvalue weighted by Crippen LogP contribution is -1.94. The fourth-order valence-electron chi connectivity index (χ4n) is 2.12. The minimum absolute atomic E-state index is 0.0249. The average Bonchev–Trinajstić information content (AvgIpc) is 2.47. The predicted octanol–water partition coefficient (Wildman–Crippen LogP) is 3.20. The number of carbonyl (C=O) groups excluding carboxylic acids is 1. The van der Waals surface area contributed by atoms with Crippen LogP contribution in [0.25, 0.3) is 11.1 Å². The van der Waals surface area contributed by atoms with Gasteiger partial charge in [-0.15, -0.1) is 0 Å². The molecule has 0 amide bonds. The Kier molecular flexibility index (Phi) is 3.94. The number of hydrogen-bond donors (Lipinski definition) is 1. The van der Waals surface area contributed by atoms with Crippen molar-refractivity contribution in [2.24, 2.45) is 0 Å². The van der Waals surface area contributed by atoms with Crippen molar-refractivity contribution in [2.75, 3.05) is 14.2 Å². The summed E-state index contributed by atoms with van der Waals surface area (Å²) >= 11 is 0. The number of carbonyl (C=O) groups is 1. The molecule has 4 nitrogen and oxygen atoms in total. The monoisotopic (exact) mass is 272 g/mol. The van der Waals surface area contributed by atoms with Gasteiger partial charge in [0, 0.05) is 5.56 Å². The summed E-state index contributed by atoms with van der Waals surface area (Å²) in [5.74, 6) is 1.35. The number of rotatable bonds is 4. The van der Waals surface area contributed by atoms with Gasteiger partial charge in [0.2, 0.25) is 0 Å². The molecule has 0 atom stereocenters. The van der Waals surface area contributed by atoms with Gasteiger partial charge in [0.05, 0.1) is 19.8 Å². The molecule has 0 saturated heterocycles. The van der Waals surface area contributed by atoms with Gasteiger partial charge in [-0.2, -0.15) is 0 Å². The van der Waals surface area contributed by atoms with Crippen molar-refractivity contribution < 1.29 is 19.4 Å². The quantitative estimate of drug-likeness (QED) is 0.868. The fraction of sp³-hybridized carbons (Fsp3) is 0.188. The van der Waals surface area contributed by atoms with Crippen LogP contribution < -0.4 is 9.47 Å². The predicted molar refractivity (Wildman–Crippen MR) is 76.8 cm³/mol. The molecule has 0 bridgehead atoms. The molecule has 0 aliphatic rings. The van der Waals surface area contributed by atoms with E-state index < -0.39 is 0 Å². The second kappa shape index (κ2) is 5.65. The molecule has 2 aromatic rings. The molecular formula is C16H16O4. The molecule has 4 heteroatoms. The average molecular weight is 272 g/mol. The molecule has 0 saturated carbocycles. The summed E-state index contributed by atoms with van der Waals surface area (Å²) in [7, 11) is 3.17. The molecule has 0 aromatic heterocycles. The van der Waals surface area contributed by atoms with Crippen molar-refractivity contribution in [1.82, 2.24) is 0 Å². The summed E-state index contributed by atoms with van der Waals surface area (Å²) in [5.41, 5.74) is 2.73. The Morgan fingerprint density at radius 3 is 2.40 bits per heavy atom. The van der Waals surface area contributed by atoms with Gasteiger partial charge in [-0.3, -0.25) is 4.79 Å². The minimum Gasteiger partial charge on any atom is -0.507 e. The molecule has 0 radical (unpaired) electrons. The van der Waals surface area contributed by atoms with Gasteiger partial charge in [0.1, 0.15) is 17.2 Å². The molecule has 0 unspecified atom stereocenters. The van der Waals surface area contributed by atoms with E-state index in [2.05, 4.69) is 0 Å². The number of ether oxygens (including phenoxy) is 2. The Morgan fingerprint density at radius 1 is 1.05 bits per heavy atom. The Balaban J connectivity index is 2.69. The second-order valence-corrected chi connectivity index (χ2v) is 4.41. The van der Waals surface area contributed by atoms with Crippen LogP contribution in [-0.4, -0.2) is 25.6 Å². The van der Waals surface area contributed by atoms with Crippen LogP contribution in [0, 0.1) is 6.92 Å². The first-order chi connectivity index (χ1) is 9.60. The summed E-state index contributed by atoms with van der Waals surface area (Å²) in [5, 5.41) is 9.70. The number of phenols is 1. The molecule has 1 N–H and O–H groups in total. The zero-order valence-electron chi connectivity index (χ0n) is 11.6. The van der Waals surface area contributed by atoms with E-state index in [1.165, 1.54) is 0 Å². The highest BCUT2D eigenvalue weighted by Gasteiger charge is 2.13. The molecule has 0 fully saturated rings. The smallest absolute Gasteiger partial charge is 0.153 e. The minimum atomic E-state index is -0.0249. The highest BCUT2D eigenvalue weighted by molar-refractivity contribution is 5.85. The van der Waals surface area contributed by atoms with Gasteiger partial charge in [-0.05, 0) is 48.4 Å². The third-order valence-corrected chi connectivity index (χ3v) is 3.20. The largest absolute Gasteiger partial charge is 0.507 e. The molecule has 104 valence electrons. The van der Waals surface area contributed by atoms with Crippen LogP contribution in [0.1, 0.15) is 15.9 Å². The van der Waals surface area contributed by atoms with Gasteiger partial charge in [0.25, 0.3) is 0 Å². The van der Waals surface area contributed by atoms with Gasteiger partial charge in [-0.25, -0.2) is 0 Å². The molecule has 0 aliphatic heterocycles. The molecule has 0 aliphatic carbocycles. The van der Waals surface area contributed by atoms with Crippen LogP contribution in [0.2, 0.25) is 0 Å². The first-order valence-electron chi connectivity index (χ1n) is 6.12. The lowest BCUT2D eigenvalue weighted by Gasteiger charge is -2.14. The highest BCUT2D eigenvalue weighted by atomic mass is 16.5. The zero-order chi connectivity index (χ0) is 14.7. The van der Waals surface area contributed by atoms with E-state index in [0.29, 0.717) is 17.8 Å². The Hall–Kier alpha value is -2.49. The number of aldehydes is 1. The maximum atomic E-state index is 11.0. The molecular weight excluding hydrogens is 256 g/mol. The van der Waals surface area contributed by atoms with Gasteiger partial charge < -0.3 is 14.6 Å². The fourth-order valence-corrected chi connectivity index (χ4v) is 2.12. The van der Waals surface area contributed by atoms with Crippen molar-refractivity contribution in [1.29, 1.82) is 0 Å². The van der Waals surface area contributed by atoms with Crippen LogP contribution in [0.3, 0.4) is 0 Å². The van der Waals surface area contributed by atoms with E-state index in [-0.39, 0.29) is 11.3 Å². The standard InChI is InChI=1S/C16H16O4/c1-10-6-15(18)11(9-17)7-13(10)14-8-12(19-2)4-5-16(14)20-3/h4-9,18H,1-3H3. The summed E-state index contributed by atoms with van der Waals surface area (Å²) in [4.78, 5) is 11.0. The molecule has 0 heterocycles. The maximum absolute atomic E-state index is 11.0. The van der Waals surface area contributed by atoms with Crippen molar-refractivity contribution in [2.45, 2.75) is 6.92 Å². The van der Waals surface area contributed by atoms with Gasteiger partial charge in [-0.1, -0.05) is 0 Å². The SMILES string of the molecule is COc1ccc(OC)c(-c2cc(C=O)c(O)cc2C)c1. The normalized spacial score (nSPS) is 10.2. The number of aryl methyl sites for hydroxylation is 1. The van der Waals surface area contributed by atoms with Crippen LogP contribution in [0.15, 0.2) is 30.3 Å². The highest BCUT2D eigenvalue weighted by Crippen LogP contribution is 2.37. The van der Waals surface area contributed by atoms with E-state index in [0.717, 1.165) is 16.7 Å². The lowest BCUT2D eigenvalue weighted by molar-refractivity contribution is 0.112. The summed E-state index contributed by atoms with van der Waals surface area (Å²) in [6.07, 6.45) is 0.630. The van der Waals surface area contributed by atoms with Crippen LogP contribution in [0.5, 0.6) is 17.2 Å². The topological polar surface area (TPSA) is 55.8 Å². The molecule has 2 rings (SSSR count). The molecule has 2 aromatic carbocycles. The molecule has 0 spiro atoms. The van der Waals surface area contributed by atoms with Gasteiger partial charge >= 0.3 is 0 Å². The van der Waals surface area contributed by atoms with Crippen molar-refractivity contribution >= 4 is 6.29 Å². The summed E-state index contributed by atoms with van der Waals surface area (Å²) in [6.45, 7) is 1.86. The van der Waals surface area contributed by atoms with Crippen LogP contribution in [0.4, 0.5) is 0 Å². The third kappa shape index (κ3) is 2.45. The number of aromatic hydroxyl groups is 1. The Bertz CT molecular complexity index is 647. The number of phenolic OH excluding ortho intramolecular Hbond substituents is 1. The number of benzene rings is 2. The lowest BCUT2D eigenvalue weighted by atomic mass is 9.96. The first kappa shape index (κ1) is 13.9. The van der Waals surface area contributed by atoms with E-state index in [9.17, 15) is 9.90 Å². The van der Waals surface area contributed by atoms with E-state index >= 15 is 0 Å². The zero-order valence-corrected chi connectivity index (χ0v) is 11.6. The number of methoxy groups -OCH3 is 2. The summed E-state index contributed by atoms with van der Waals surface area (Å²) in [6, 6.07) is 8.67. The van der Waals surface area contributed by atoms with Crippen molar-refractivity contribution in [3.63, 3.8) is 0 Å².